The van der Waals surface area contributed by atoms with Gasteiger partial charge in [-0.05, 0) is 62.2 Å². The molecule has 0 amide bonds. The van der Waals surface area contributed by atoms with E-state index in [0.717, 1.165) is 16.1 Å². The van der Waals surface area contributed by atoms with E-state index in [1.165, 1.54) is 47.9 Å². The molecule has 0 aromatic carbocycles. The monoisotopic (exact) mass is 398 g/mol. The van der Waals surface area contributed by atoms with Gasteiger partial charge in [0.25, 0.3) is 0 Å². The minimum absolute atomic E-state index is 0.161. The molecule has 2 rings (SSSR count). The first-order chi connectivity index (χ1) is 8.16. The van der Waals surface area contributed by atoms with Crippen molar-refractivity contribution in [2.45, 2.75) is 50.3 Å². The highest BCUT2D eigenvalue weighted by molar-refractivity contribution is 9.12. The zero-order valence-electron chi connectivity index (χ0n) is 9.72. The van der Waals surface area contributed by atoms with E-state index >= 15 is 0 Å². The second-order valence-corrected chi connectivity index (χ2v) is 9.10. The summed E-state index contributed by atoms with van der Waals surface area (Å²) in [6, 6.07) is 2.15. The first-order valence-corrected chi connectivity index (χ1v) is 9.09. The lowest BCUT2D eigenvalue weighted by molar-refractivity contribution is 0.331. The SMILES string of the molecule is ClC(CCC1CCCCC1)c1cc(Br)sc1Br. The van der Waals surface area contributed by atoms with Crippen molar-refractivity contribution in [1.29, 1.82) is 0 Å². The maximum absolute atomic E-state index is 6.50. The summed E-state index contributed by atoms with van der Waals surface area (Å²) >= 11 is 15.3. The third kappa shape index (κ3) is 4.22. The molecule has 0 bridgehead atoms. The zero-order chi connectivity index (χ0) is 12.3. The number of hydrogen-bond acceptors (Lipinski definition) is 1. The van der Waals surface area contributed by atoms with Crippen molar-refractivity contribution in [3.8, 4) is 0 Å². The molecule has 1 aliphatic rings. The van der Waals surface area contributed by atoms with E-state index in [9.17, 15) is 0 Å². The van der Waals surface area contributed by atoms with Crippen LogP contribution in [0.3, 0.4) is 0 Å². The van der Waals surface area contributed by atoms with Crippen LogP contribution < -0.4 is 0 Å². The lowest BCUT2D eigenvalue weighted by atomic mass is 9.85. The van der Waals surface area contributed by atoms with Crippen molar-refractivity contribution in [2.24, 2.45) is 5.92 Å². The average Bonchev–Trinajstić information content (AvgIpc) is 2.67. The van der Waals surface area contributed by atoms with Crippen LogP contribution in [0.25, 0.3) is 0 Å². The molecule has 0 saturated heterocycles. The second kappa shape index (κ2) is 6.93. The molecule has 1 atom stereocenters. The number of halogens is 3. The summed E-state index contributed by atoms with van der Waals surface area (Å²) < 4.78 is 2.33. The molecule has 1 aliphatic carbocycles. The molecule has 1 aromatic heterocycles. The fourth-order valence-corrected chi connectivity index (χ4v) is 6.05. The van der Waals surface area contributed by atoms with Crippen molar-refractivity contribution in [3.63, 3.8) is 0 Å². The molecule has 1 saturated carbocycles. The fourth-order valence-electron chi connectivity index (χ4n) is 2.58. The van der Waals surface area contributed by atoms with Gasteiger partial charge >= 0.3 is 0 Å². The first-order valence-electron chi connectivity index (χ1n) is 6.25. The van der Waals surface area contributed by atoms with Gasteiger partial charge in [0.2, 0.25) is 0 Å². The molecule has 1 unspecified atom stereocenters. The van der Waals surface area contributed by atoms with Crippen molar-refractivity contribution in [3.05, 3.63) is 19.2 Å². The third-order valence-corrected chi connectivity index (χ3v) is 6.41. The molecular weight excluding hydrogens is 383 g/mol. The second-order valence-electron chi connectivity index (χ2n) is 4.83. The van der Waals surface area contributed by atoms with E-state index in [4.69, 9.17) is 11.6 Å². The average molecular weight is 401 g/mol. The molecular formula is C13H17Br2ClS. The summed E-state index contributed by atoms with van der Waals surface area (Å²) in [4.78, 5) is 0. The Morgan fingerprint density at radius 2 is 2.00 bits per heavy atom. The predicted molar refractivity (Wildman–Crippen MR) is 84.1 cm³/mol. The van der Waals surface area contributed by atoms with Crippen LogP contribution in [-0.4, -0.2) is 0 Å². The highest BCUT2D eigenvalue weighted by Crippen LogP contribution is 2.41. The minimum Gasteiger partial charge on any atom is -0.121 e. The summed E-state index contributed by atoms with van der Waals surface area (Å²) in [5.74, 6) is 0.922. The molecule has 17 heavy (non-hydrogen) atoms. The molecule has 1 heterocycles. The largest absolute Gasteiger partial charge is 0.121 e. The van der Waals surface area contributed by atoms with Crippen LogP contribution in [0.5, 0.6) is 0 Å². The number of hydrogen-bond donors (Lipinski definition) is 0. The Kier molecular flexibility index (Phi) is 5.85. The van der Waals surface area contributed by atoms with E-state index in [1.807, 2.05) is 0 Å². The molecule has 0 N–H and O–H groups in total. The number of rotatable bonds is 4. The van der Waals surface area contributed by atoms with Gasteiger partial charge in [0, 0.05) is 0 Å². The van der Waals surface area contributed by atoms with Crippen LogP contribution in [0.2, 0.25) is 0 Å². The van der Waals surface area contributed by atoms with Gasteiger partial charge in [0.15, 0.2) is 0 Å². The smallest absolute Gasteiger partial charge is 0.0757 e. The van der Waals surface area contributed by atoms with Gasteiger partial charge in [-0.3, -0.25) is 0 Å². The van der Waals surface area contributed by atoms with Gasteiger partial charge < -0.3 is 0 Å². The Labute approximate surface area is 129 Å². The van der Waals surface area contributed by atoms with Crippen LogP contribution in [0, 0.1) is 5.92 Å². The van der Waals surface area contributed by atoms with Gasteiger partial charge in [-0.25, -0.2) is 0 Å². The normalized spacial score (nSPS) is 19.5. The summed E-state index contributed by atoms with van der Waals surface area (Å²) in [5, 5.41) is 0.161. The van der Waals surface area contributed by atoms with Crippen molar-refractivity contribution >= 4 is 54.8 Å². The summed E-state index contributed by atoms with van der Waals surface area (Å²) in [7, 11) is 0. The molecule has 0 nitrogen and oxygen atoms in total. The standard InChI is InChI=1S/C13H17Br2ClS/c14-12-8-10(13(15)17-12)11(16)7-6-9-4-2-1-3-5-9/h8-9,11H,1-7H2. The molecule has 1 fully saturated rings. The molecule has 0 radical (unpaired) electrons. The van der Waals surface area contributed by atoms with E-state index in [0.29, 0.717) is 0 Å². The topological polar surface area (TPSA) is 0 Å². The van der Waals surface area contributed by atoms with Crippen LogP contribution in [0.15, 0.2) is 13.6 Å². The zero-order valence-corrected chi connectivity index (χ0v) is 14.5. The highest BCUT2D eigenvalue weighted by Gasteiger charge is 2.18. The van der Waals surface area contributed by atoms with E-state index in [-0.39, 0.29) is 5.38 Å². The lowest BCUT2D eigenvalue weighted by Gasteiger charge is -2.22. The van der Waals surface area contributed by atoms with Crippen molar-refractivity contribution in [2.75, 3.05) is 0 Å². The molecule has 1 aromatic rings. The number of alkyl halides is 1. The quantitative estimate of drug-likeness (QED) is 0.482. The Bertz CT molecular complexity index is 358. The van der Waals surface area contributed by atoms with Crippen molar-refractivity contribution < 1.29 is 0 Å². The first kappa shape index (κ1) is 14.4. The van der Waals surface area contributed by atoms with Crippen LogP contribution in [0.1, 0.15) is 55.9 Å². The van der Waals surface area contributed by atoms with Gasteiger partial charge in [0.1, 0.15) is 0 Å². The Morgan fingerprint density at radius 3 is 2.59 bits per heavy atom. The third-order valence-electron chi connectivity index (χ3n) is 3.57. The van der Waals surface area contributed by atoms with Gasteiger partial charge in [-0.1, -0.05) is 32.1 Å². The molecule has 96 valence electrons. The molecule has 0 aliphatic heterocycles. The Balaban J connectivity index is 1.84. The highest BCUT2D eigenvalue weighted by atomic mass is 79.9. The fraction of sp³-hybridized carbons (Fsp3) is 0.692. The maximum atomic E-state index is 6.50. The molecule has 4 heteroatoms. The summed E-state index contributed by atoms with van der Waals surface area (Å²) in [5.41, 5.74) is 1.25. The summed E-state index contributed by atoms with van der Waals surface area (Å²) in [6.07, 6.45) is 9.50. The number of thiophene rings is 1. The Morgan fingerprint density at radius 1 is 1.29 bits per heavy atom. The maximum Gasteiger partial charge on any atom is 0.0757 e. The van der Waals surface area contributed by atoms with Crippen LogP contribution >= 0.6 is 54.8 Å². The van der Waals surface area contributed by atoms with Gasteiger partial charge in [-0.15, -0.1) is 22.9 Å². The van der Waals surface area contributed by atoms with E-state index < -0.39 is 0 Å². The predicted octanol–water partition coefficient (Wildman–Crippen LogP) is 6.91. The van der Waals surface area contributed by atoms with Crippen molar-refractivity contribution in [1.82, 2.24) is 0 Å². The molecule has 0 spiro atoms. The van der Waals surface area contributed by atoms with E-state index in [1.54, 1.807) is 11.3 Å². The van der Waals surface area contributed by atoms with Gasteiger partial charge in [0.05, 0.1) is 12.9 Å². The van der Waals surface area contributed by atoms with E-state index in [2.05, 4.69) is 37.9 Å². The Hall–Kier alpha value is 0.950. The lowest BCUT2D eigenvalue weighted by Crippen LogP contribution is -2.07. The summed E-state index contributed by atoms with van der Waals surface area (Å²) in [6.45, 7) is 0. The minimum atomic E-state index is 0.161. The van der Waals surface area contributed by atoms with Crippen LogP contribution in [-0.2, 0) is 0 Å². The van der Waals surface area contributed by atoms with Gasteiger partial charge in [-0.2, -0.15) is 0 Å². The van der Waals surface area contributed by atoms with Crippen LogP contribution in [0.4, 0.5) is 0 Å².